The number of aliphatic hydroxyl groups is 1. The number of hydrogen-bond donors (Lipinski definition) is 1. The minimum absolute atomic E-state index is 0.0906. The third-order valence-corrected chi connectivity index (χ3v) is 5.37. The standard InChI is InChI=1S/C24H34O7/c1-14(2)12-30-22(26)20-18(25)11-24(5,28)21(23(27)31-13-15(3)4)19(20)16-8-7-9-17(10-16)29-6/h7-10,14-15,19-21,28H,11-13H2,1-6H3/t19-,20-,21-,24+/m0/s1. The predicted octanol–water partition coefficient (Wildman–Crippen LogP) is 3.13. The molecule has 1 aromatic carbocycles. The van der Waals surface area contributed by atoms with Gasteiger partial charge in [0.25, 0.3) is 0 Å². The Bertz CT molecular complexity index is 797. The molecule has 0 saturated heterocycles. The highest BCUT2D eigenvalue weighted by Crippen LogP contribution is 2.47. The van der Waals surface area contributed by atoms with Crippen LogP contribution in [0.25, 0.3) is 0 Å². The zero-order chi connectivity index (χ0) is 23.3. The van der Waals surface area contributed by atoms with Gasteiger partial charge in [0.05, 0.1) is 31.8 Å². The summed E-state index contributed by atoms with van der Waals surface area (Å²) in [7, 11) is 1.50. The molecular formula is C24H34O7. The van der Waals surface area contributed by atoms with Crippen molar-refractivity contribution >= 4 is 17.7 Å². The van der Waals surface area contributed by atoms with Gasteiger partial charge in [0.2, 0.25) is 0 Å². The van der Waals surface area contributed by atoms with Crippen LogP contribution in [0, 0.1) is 23.7 Å². The Morgan fingerprint density at radius 1 is 1.10 bits per heavy atom. The van der Waals surface area contributed by atoms with Crippen molar-refractivity contribution in [1.82, 2.24) is 0 Å². The molecule has 0 spiro atoms. The number of ketones is 1. The Balaban J connectivity index is 2.55. The maximum Gasteiger partial charge on any atom is 0.317 e. The molecule has 1 aromatic rings. The maximum absolute atomic E-state index is 13.1. The average Bonchev–Trinajstić information content (AvgIpc) is 2.69. The zero-order valence-corrected chi connectivity index (χ0v) is 19.2. The average molecular weight is 435 g/mol. The fourth-order valence-corrected chi connectivity index (χ4v) is 3.94. The first kappa shape index (κ1) is 24.9. The SMILES string of the molecule is COc1cccc([C@H]2[C@@H](C(=O)OCC(C)C)C(=O)C[C@@](C)(O)[C@@H]2C(=O)OCC(C)C)c1. The van der Waals surface area contributed by atoms with Crippen molar-refractivity contribution in [2.45, 2.75) is 52.6 Å². The molecule has 1 N–H and O–H groups in total. The molecule has 0 aliphatic heterocycles. The molecule has 7 heteroatoms. The number of rotatable bonds is 8. The lowest BCUT2D eigenvalue weighted by Gasteiger charge is -2.43. The van der Waals surface area contributed by atoms with Crippen molar-refractivity contribution in [2.24, 2.45) is 23.7 Å². The number of ether oxygens (including phenoxy) is 3. The number of benzene rings is 1. The molecule has 4 atom stereocenters. The summed E-state index contributed by atoms with van der Waals surface area (Å²) in [5, 5.41) is 11.1. The van der Waals surface area contributed by atoms with E-state index in [-0.39, 0.29) is 31.5 Å². The molecule has 0 heterocycles. The van der Waals surface area contributed by atoms with Crippen LogP contribution < -0.4 is 4.74 Å². The summed E-state index contributed by atoms with van der Waals surface area (Å²) in [6.45, 7) is 9.37. The third kappa shape index (κ3) is 6.06. The van der Waals surface area contributed by atoms with Crippen molar-refractivity contribution in [3.8, 4) is 5.75 Å². The summed E-state index contributed by atoms with van der Waals surface area (Å²) in [6.07, 6.45) is -0.337. The monoisotopic (exact) mass is 434 g/mol. The second-order valence-electron chi connectivity index (χ2n) is 9.31. The number of methoxy groups -OCH3 is 1. The number of carbonyl (C=O) groups is 3. The van der Waals surface area contributed by atoms with Gasteiger partial charge in [-0.05, 0) is 36.5 Å². The first-order valence-corrected chi connectivity index (χ1v) is 10.7. The van der Waals surface area contributed by atoms with E-state index in [2.05, 4.69) is 0 Å². The maximum atomic E-state index is 13.1. The molecule has 0 bridgehead atoms. The van der Waals surface area contributed by atoms with E-state index in [0.717, 1.165) is 0 Å². The van der Waals surface area contributed by atoms with Gasteiger partial charge < -0.3 is 19.3 Å². The second kappa shape index (κ2) is 10.3. The number of Topliss-reactive ketones (excluding diaryl/α,β-unsaturated/α-hetero) is 1. The molecule has 1 aliphatic rings. The van der Waals surface area contributed by atoms with Crippen LogP contribution in [0.5, 0.6) is 5.75 Å². The Morgan fingerprint density at radius 3 is 2.23 bits per heavy atom. The second-order valence-corrected chi connectivity index (χ2v) is 9.31. The molecule has 7 nitrogen and oxygen atoms in total. The van der Waals surface area contributed by atoms with Crippen LogP contribution in [-0.4, -0.2) is 48.8 Å². The fourth-order valence-electron chi connectivity index (χ4n) is 3.94. The molecule has 0 radical (unpaired) electrons. The Kier molecular flexibility index (Phi) is 8.23. The summed E-state index contributed by atoms with van der Waals surface area (Å²) in [5.41, 5.74) is -1.14. The first-order chi connectivity index (χ1) is 14.5. The third-order valence-electron chi connectivity index (χ3n) is 5.37. The van der Waals surface area contributed by atoms with Gasteiger partial charge in [-0.25, -0.2) is 0 Å². The quantitative estimate of drug-likeness (QED) is 0.496. The number of esters is 2. The summed E-state index contributed by atoms with van der Waals surface area (Å²) in [4.78, 5) is 39.1. The summed E-state index contributed by atoms with van der Waals surface area (Å²) in [6, 6.07) is 6.83. The van der Waals surface area contributed by atoms with E-state index in [1.165, 1.54) is 14.0 Å². The molecule has 172 valence electrons. The smallest absolute Gasteiger partial charge is 0.317 e. The molecule has 1 fully saturated rings. The minimum Gasteiger partial charge on any atom is -0.497 e. The molecule has 1 aliphatic carbocycles. The Labute approximate surface area is 184 Å². The highest BCUT2D eigenvalue weighted by molar-refractivity contribution is 6.02. The predicted molar refractivity (Wildman–Crippen MR) is 115 cm³/mol. The van der Waals surface area contributed by atoms with Gasteiger partial charge in [-0.2, -0.15) is 0 Å². The van der Waals surface area contributed by atoms with Crippen LogP contribution in [-0.2, 0) is 23.9 Å². The summed E-state index contributed by atoms with van der Waals surface area (Å²) < 4.78 is 16.1. The van der Waals surface area contributed by atoms with Crippen molar-refractivity contribution in [3.05, 3.63) is 29.8 Å². The van der Waals surface area contributed by atoms with Gasteiger partial charge in [-0.15, -0.1) is 0 Å². The van der Waals surface area contributed by atoms with Gasteiger partial charge in [0, 0.05) is 12.3 Å². The zero-order valence-electron chi connectivity index (χ0n) is 19.2. The summed E-state index contributed by atoms with van der Waals surface area (Å²) >= 11 is 0. The number of carbonyl (C=O) groups excluding carboxylic acids is 3. The van der Waals surface area contributed by atoms with Crippen molar-refractivity contribution < 1.29 is 33.7 Å². The molecule has 0 unspecified atom stereocenters. The minimum atomic E-state index is -1.67. The lowest BCUT2D eigenvalue weighted by Crippen LogP contribution is -2.55. The van der Waals surface area contributed by atoms with E-state index < -0.39 is 41.1 Å². The van der Waals surface area contributed by atoms with Crippen molar-refractivity contribution in [3.63, 3.8) is 0 Å². The first-order valence-electron chi connectivity index (χ1n) is 10.7. The van der Waals surface area contributed by atoms with Gasteiger partial charge in [-0.3, -0.25) is 14.4 Å². The van der Waals surface area contributed by atoms with Gasteiger partial charge in [-0.1, -0.05) is 39.8 Å². The van der Waals surface area contributed by atoms with E-state index in [4.69, 9.17) is 14.2 Å². The van der Waals surface area contributed by atoms with Crippen LogP contribution >= 0.6 is 0 Å². The highest BCUT2D eigenvalue weighted by Gasteiger charge is 2.57. The lowest BCUT2D eigenvalue weighted by molar-refractivity contribution is -0.173. The van der Waals surface area contributed by atoms with Crippen LogP contribution in [0.1, 0.15) is 52.5 Å². The Morgan fingerprint density at radius 2 is 1.68 bits per heavy atom. The lowest BCUT2D eigenvalue weighted by atomic mass is 9.61. The van der Waals surface area contributed by atoms with Gasteiger partial charge >= 0.3 is 11.9 Å². The van der Waals surface area contributed by atoms with E-state index in [9.17, 15) is 19.5 Å². The number of hydrogen-bond acceptors (Lipinski definition) is 7. The van der Waals surface area contributed by atoms with Crippen LogP contribution in [0.3, 0.4) is 0 Å². The largest absolute Gasteiger partial charge is 0.497 e. The van der Waals surface area contributed by atoms with Crippen LogP contribution in [0.15, 0.2) is 24.3 Å². The fraction of sp³-hybridized carbons (Fsp3) is 0.625. The highest BCUT2D eigenvalue weighted by atomic mass is 16.5. The van der Waals surface area contributed by atoms with Gasteiger partial charge in [0.15, 0.2) is 5.78 Å². The molecule has 2 rings (SSSR count). The van der Waals surface area contributed by atoms with E-state index in [1.54, 1.807) is 24.3 Å². The molecule has 0 aromatic heterocycles. The van der Waals surface area contributed by atoms with Crippen LogP contribution in [0.2, 0.25) is 0 Å². The normalized spacial score (nSPS) is 26.1. The van der Waals surface area contributed by atoms with E-state index in [1.807, 2.05) is 27.7 Å². The molecule has 1 saturated carbocycles. The topological polar surface area (TPSA) is 99.1 Å². The van der Waals surface area contributed by atoms with Crippen molar-refractivity contribution in [1.29, 1.82) is 0 Å². The molecule has 31 heavy (non-hydrogen) atoms. The summed E-state index contributed by atoms with van der Waals surface area (Å²) in [5.74, 6) is -4.36. The van der Waals surface area contributed by atoms with E-state index in [0.29, 0.717) is 11.3 Å². The van der Waals surface area contributed by atoms with Gasteiger partial charge in [0.1, 0.15) is 11.7 Å². The van der Waals surface area contributed by atoms with Crippen molar-refractivity contribution in [2.75, 3.05) is 20.3 Å². The molecule has 0 amide bonds. The molecular weight excluding hydrogens is 400 g/mol. The van der Waals surface area contributed by atoms with E-state index >= 15 is 0 Å². The van der Waals surface area contributed by atoms with Crippen LogP contribution in [0.4, 0.5) is 0 Å². The Hall–Kier alpha value is -2.41.